The third-order valence-corrected chi connectivity index (χ3v) is 5.83. The van der Waals surface area contributed by atoms with Crippen LogP contribution in [0.4, 0.5) is 8.78 Å². The maximum absolute atomic E-state index is 14.3. The van der Waals surface area contributed by atoms with E-state index >= 15 is 0 Å². The number of ether oxygens (including phenoxy) is 2. The summed E-state index contributed by atoms with van der Waals surface area (Å²) in [5.74, 6) is -2.78. The van der Waals surface area contributed by atoms with Crippen molar-refractivity contribution in [2.45, 2.75) is 32.3 Å². The van der Waals surface area contributed by atoms with Crippen LogP contribution in [0.15, 0.2) is 42.6 Å². The van der Waals surface area contributed by atoms with Crippen molar-refractivity contribution in [3.8, 4) is 5.75 Å². The molecule has 2 heterocycles. The summed E-state index contributed by atoms with van der Waals surface area (Å²) in [5.41, 5.74) is 2.10. The summed E-state index contributed by atoms with van der Waals surface area (Å²) < 4.78 is 39.5. The second-order valence-corrected chi connectivity index (χ2v) is 8.05. The predicted octanol–water partition coefficient (Wildman–Crippen LogP) is 4.28. The number of H-pyrrole nitrogens is 1. The second-order valence-electron chi connectivity index (χ2n) is 8.05. The molecule has 0 spiro atoms. The highest BCUT2D eigenvalue weighted by Gasteiger charge is 2.26. The summed E-state index contributed by atoms with van der Waals surface area (Å²) in [6.45, 7) is 2.57. The summed E-state index contributed by atoms with van der Waals surface area (Å²) in [5, 5.41) is 1.11. The highest BCUT2D eigenvalue weighted by atomic mass is 19.1. The Hall–Kier alpha value is -3.26. The fraction of sp³-hybridized carbons (Fsp3) is 0.360. The lowest BCUT2D eigenvalue weighted by molar-refractivity contribution is -0.139. The smallest absolute Gasteiger partial charge is 0.223 e. The number of aryl methyl sites for hydroxylation is 1. The molecule has 4 rings (SSSR count). The van der Waals surface area contributed by atoms with Crippen molar-refractivity contribution in [1.29, 1.82) is 0 Å². The maximum Gasteiger partial charge on any atom is 0.223 e. The molecule has 2 aromatic carbocycles. The van der Waals surface area contributed by atoms with E-state index in [1.54, 1.807) is 11.8 Å². The number of aromatic nitrogens is 1. The minimum Gasteiger partial charge on any atom is -0.485 e. The molecule has 1 unspecified atom stereocenters. The molecule has 0 radical (unpaired) electrons. The van der Waals surface area contributed by atoms with E-state index in [2.05, 4.69) is 4.98 Å². The number of para-hydroxylation sites is 1. The van der Waals surface area contributed by atoms with Crippen molar-refractivity contribution >= 4 is 22.6 Å². The number of ketones is 1. The molecule has 1 atom stereocenters. The normalized spacial score (nSPS) is 16.2. The number of halogens is 2. The molecule has 1 amide bonds. The SMILES string of the molecule is CCC(=O)c1cc(F)c(OCC2CN(C(=O)CCc3c[nH]c4ccccc34)CCO2)c(F)c1. The number of morpholine rings is 1. The average Bonchev–Trinajstić information content (AvgIpc) is 3.24. The Morgan fingerprint density at radius 2 is 1.97 bits per heavy atom. The summed E-state index contributed by atoms with van der Waals surface area (Å²) >= 11 is 0. The number of rotatable bonds is 8. The van der Waals surface area contributed by atoms with E-state index in [-0.39, 0.29) is 36.8 Å². The third-order valence-electron chi connectivity index (χ3n) is 5.83. The molecule has 0 bridgehead atoms. The molecule has 3 aromatic rings. The number of carbonyl (C=O) groups excluding carboxylic acids is 2. The fourth-order valence-corrected chi connectivity index (χ4v) is 4.02. The lowest BCUT2D eigenvalue weighted by atomic mass is 10.1. The van der Waals surface area contributed by atoms with Gasteiger partial charge in [0.1, 0.15) is 12.7 Å². The Labute approximate surface area is 190 Å². The van der Waals surface area contributed by atoms with E-state index in [1.807, 2.05) is 30.5 Å². The van der Waals surface area contributed by atoms with Crippen molar-refractivity contribution in [3.05, 3.63) is 65.4 Å². The van der Waals surface area contributed by atoms with Gasteiger partial charge in [0.05, 0.1) is 13.2 Å². The van der Waals surface area contributed by atoms with Gasteiger partial charge < -0.3 is 19.4 Å². The Balaban J connectivity index is 1.32. The quantitative estimate of drug-likeness (QED) is 0.514. The van der Waals surface area contributed by atoms with Gasteiger partial charge >= 0.3 is 0 Å². The fourth-order valence-electron chi connectivity index (χ4n) is 4.02. The van der Waals surface area contributed by atoms with E-state index < -0.39 is 23.5 Å². The number of aromatic amines is 1. The summed E-state index contributed by atoms with van der Waals surface area (Å²) in [4.78, 5) is 29.4. The Morgan fingerprint density at radius 1 is 1.21 bits per heavy atom. The minimum atomic E-state index is -0.936. The standard InChI is InChI=1S/C25H26F2N2O4/c1-2-23(30)17-11-20(26)25(21(27)12-17)33-15-18-14-29(9-10-32-18)24(31)8-7-16-13-28-22-6-4-3-5-19(16)22/h3-6,11-13,18,28H,2,7-10,14-15H2,1H3. The van der Waals surface area contributed by atoms with Crippen molar-refractivity contribution in [1.82, 2.24) is 9.88 Å². The van der Waals surface area contributed by atoms with E-state index in [4.69, 9.17) is 9.47 Å². The van der Waals surface area contributed by atoms with Crippen LogP contribution in [-0.2, 0) is 16.0 Å². The van der Waals surface area contributed by atoms with Crippen LogP contribution < -0.4 is 4.74 Å². The van der Waals surface area contributed by atoms with Gasteiger partial charge in [-0.15, -0.1) is 0 Å². The summed E-state index contributed by atoms with van der Waals surface area (Å²) in [6.07, 6.45) is 2.54. The number of amides is 1. The zero-order valence-corrected chi connectivity index (χ0v) is 18.4. The topological polar surface area (TPSA) is 71.6 Å². The number of benzene rings is 2. The first kappa shape index (κ1) is 22.9. The Kier molecular flexibility index (Phi) is 7.03. The highest BCUT2D eigenvalue weighted by molar-refractivity contribution is 5.96. The number of nitrogens with zero attached hydrogens (tertiary/aromatic N) is 1. The number of Topliss-reactive ketones (excluding diaryl/α,β-unsaturated/α-hetero) is 1. The Morgan fingerprint density at radius 3 is 2.73 bits per heavy atom. The maximum atomic E-state index is 14.3. The lowest BCUT2D eigenvalue weighted by Crippen LogP contribution is -2.47. The van der Waals surface area contributed by atoms with Crippen molar-refractivity contribution in [3.63, 3.8) is 0 Å². The van der Waals surface area contributed by atoms with Crippen molar-refractivity contribution in [2.24, 2.45) is 0 Å². The summed E-state index contributed by atoms with van der Waals surface area (Å²) in [7, 11) is 0. The number of carbonyl (C=O) groups is 2. The van der Waals surface area contributed by atoms with E-state index in [0.717, 1.165) is 28.6 Å². The lowest BCUT2D eigenvalue weighted by Gasteiger charge is -2.33. The van der Waals surface area contributed by atoms with E-state index in [0.29, 0.717) is 26.0 Å². The molecule has 0 aliphatic carbocycles. The number of hydrogen-bond donors (Lipinski definition) is 1. The molecule has 6 nitrogen and oxygen atoms in total. The number of fused-ring (bicyclic) bond motifs is 1. The zero-order chi connectivity index (χ0) is 23.4. The molecule has 1 aliphatic rings. The predicted molar refractivity (Wildman–Crippen MR) is 119 cm³/mol. The first-order valence-electron chi connectivity index (χ1n) is 11.1. The van der Waals surface area contributed by atoms with E-state index in [9.17, 15) is 18.4 Å². The average molecular weight is 456 g/mol. The van der Waals surface area contributed by atoms with Crippen LogP contribution >= 0.6 is 0 Å². The van der Waals surface area contributed by atoms with Gasteiger partial charge in [-0.25, -0.2) is 8.78 Å². The zero-order valence-electron chi connectivity index (χ0n) is 18.4. The van der Waals surface area contributed by atoms with Gasteiger partial charge in [0.2, 0.25) is 5.91 Å². The van der Waals surface area contributed by atoms with Gasteiger partial charge in [0, 0.05) is 42.0 Å². The highest BCUT2D eigenvalue weighted by Crippen LogP contribution is 2.25. The molecule has 1 fully saturated rings. The van der Waals surface area contributed by atoms with Gasteiger partial charge in [-0.05, 0) is 30.2 Å². The third kappa shape index (κ3) is 5.22. The van der Waals surface area contributed by atoms with Crippen LogP contribution in [0.3, 0.4) is 0 Å². The number of nitrogens with one attached hydrogen (secondary N) is 1. The summed E-state index contributed by atoms with van der Waals surface area (Å²) in [6, 6.07) is 9.90. The first-order chi connectivity index (χ1) is 16.0. The monoisotopic (exact) mass is 456 g/mol. The first-order valence-corrected chi connectivity index (χ1v) is 11.1. The molecule has 1 aliphatic heterocycles. The molecular formula is C25H26F2N2O4. The van der Waals surface area contributed by atoms with Crippen LogP contribution in [-0.4, -0.2) is 54.0 Å². The Bertz CT molecular complexity index is 1140. The molecule has 1 aromatic heterocycles. The molecule has 1 N–H and O–H groups in total. The second kappa shape index (κ2) is 10.1. The van der Waals surface area contributed by atoms with Crippen LogP contribution in [0.2, 0.25) is 0 Å². The molecule has 0 saturated carbocycles. The van der Waals surface area contributed by atoms with Crippen LogP contribution in [0, 0.1) is 11.6 Å². The molecular weight excluding hydrogens is 430 g/mol. The van der Waals surface area contributed by atoms with Gasteiger partial charge in [-0.2, -0.15) is 0 Å². The molecule has 8 heteroatoms. The largest absolute Gasteiger partial charge is 0.485 e. The van der Waals surface area contributed by atoms with E-state index in [1.165, 1.54) is 0 Å². The molecule has 1 saturated heterocycles. The number of hydrogen-bond acceptors (Lipinski definition) is 4. The molecule has 33 heavy (non-hydrogen) atoms. The minimum absolute atomic E-state index is 0.00614. The van der Waals surface area contributed by atoms with Gasteiger partial charge in [-0.1, -0.05) is 25.1 Å². The van der Waals surface area contributed by atoms with Crippen molar-refractivity contribution < 1.29 is 27.8 Å². The van der Waals surface area contributed by atoms with Gasteiger partial charge in [-0.3, -0.25) is 9.59 Å². The van der Waals surface area contributed by atoms with Crippen LogP contribution in [0.1, 0.15) is 35.7 Å². The molecule has 174 valence electrons. The van der Waals surface area contributed by atoms with Gasteiger partial charge in [0.15, 0.2) is 23.2 Å². The van der Waals surface area contributed by atoms with Crippen molar-refractivity contribution in [2.75, 3.05) is 26.3 Å². The van der Waals surface area contributed by atoms with Gasteiger partial charge in [0.25, 0.3) is 0 Å². The van der Waals surface area contributed by atoms with Crippen LogP contribution in [0.25, 0.3) is 10.9 Å². The van der Waals surface area contributed by atoms with Crippen LogP contribution in [0.5, 0.6) is 5.75 Å².